The Morgan fingerprint density at radius 1 is 0.960 bits per heavy atom. The van der Waals surface area contributed by atoms with Crippen molar-refractivity contribution in [3.05, 3.63) is 71.8 Å². The summed E-state index contributed by atoms with van der Waals surface area (Å²) in [5, 5.41) is 2.75. The number of methoxy groups -OCH3 is 2. The summed E-state index contributed by atoms with van der Waals surface area (Å²) in [5.74, 6) is -0.829. The van der Waals surface area contributed by atoms with E-state index in [9.17, 15) is 9.59 Å². The van der Waals surface area contributed by atoms with Gasteiger partial charge in [-0.1, -0.05) is 60.7 Å². The average molecular weight is 341 g/mol. The maximum Gasteiger partial charge on any atom is 0.328 e. The molecule has 2 aromatic carbocycles. The van der Waals surface area contributed by atoms with E-state index in [-0.39, 0.29) is 5.91 Å². The molecule has 0 bridgehead atoms. The first kappa shape index (κ1) is 18.7. The van der Waals surface area contributed by atoms with E-state index in [1.165, 1.54) is 14.2 Å². The number of hydrogen-bond acceptors (Lipinski definition) is 4. The minimum Gasteiger partial charge on any atom is -0.467 e. The quantitative estimate of drug-likeness (QED) is 0.750. The van der Waals surface area contributed by atoms with Gasteiger partial charge in [0.15, 0.2) is 6.10 Å². The van der Waals surface area contributed by atoms with Crippen molar-refractivity contribution >= 4 is 11.9 Å². The molecular weight excluding hydrogens is 318 g/mol. The van der Waals surface area contributed by atoms with E-state index in [1.54, 1.807) is 0 Å². The van der Waals surface area contributed by atoms with Crippen LogP contribution < -0.4 is 5.32 Å². The number of amides is 1. The topological polar surface area (TPSA) is 64.6 Å². The molecule has 0 unspecified atom stereocenters. The van der Waals surface area contributed by atoms with Gasteiger partial charge >= 0.3 is 5.97 Å². The van der Waals surface area contributed by atoms with Crippen LogP contribution in [0.2, 0.25) is 0 Å². The standard InChI is InChI=1S/C20H23NO4/c1-24-18(16-11-7-4-8-12-16)19(22)21-17(20(23)25-2)14-13-15-9-5-3-6-10-15/h3-12,17-18H,13-14H2,1-2H3,(H,21,22)/t17-,18-/m0/s1. The van der Waals surface area contributed by atoms with Crippen LogP contribution >= 0.6 is 0 Å². The molecule has 0 fully saturated rings. The zero-order valence-corrected chi connectivity index (χ0v) is 14.5. The normalized spacial score (nSPS) is 12.9. The van der Waals surface area contributed by atoms with Crippen molar-refractivity contribution in [3.8, 4) is 0 Å². The third-order valence-corrected chi connectivity index (χ3v) is 3.94. The van der Waals surface area contributed by atoms with Crippen molar-refractivity contribution in [2.45, 2.75) is 25.0 Å². The lowest BCUT2D eigenvalue weighted by Gasteiger charge is -2.21. The second kappa shape index (κ2) is 9.59. The first-order valence-electron chi connectivity index (χ1n) is 8.15. The van der Waals surface area contributed by atoms with Crippen molar-refractivity contribution in [1.29, 1.82) is 0 Å². The molecule has 0 heterocycles. The summed E-state index contributed by atoms with van der Waals surface area (Å²) in [6.07, 6.45) is 0.336. The van der Waals surface area contributed by atoms with Crippen LogP contribution in [0.4, 0.5) is 0 Å². The number of aryl methyl sites for hydroxylation is 1. The monoisotopic (exact) mass is 341 g/mol. The van der Waals surface area contributed by atoms with Gasteiger partial charge in [0, 0.05) is 7.11 Å². The van der Waals surface area contributed by atoms with Crippen molar-refractivity contribution in [2.24, 2.45) is 0 Å². The van der Waals surface area contributed by atoms with E-state index in [0.29, 0.717) is 12.8 Å². The van der Waals surface area contributed by atoms with Crippen LogP contribution in [0.1, 0.15) is 23.7 Å². The summed E-state index contributed by atoms with van der Waals surface area (Å²) < 4.78 is 10.1. The number of rotatable bonds is 8. The number of carbonyl (C=O) groups is 2. The maximum atomic E-state index is 12.6. The first-order valence-corrected chi connectivity index (χ1v) is 8.15. The van der Waals surface area contributed by atoms with Crippen molar-refractivity contribution < 1.29 is 19.1 Å². The molecule has 0 aliphatic heterocycles. The Hall–Kier alpha value is -2.66. The molecule has 0 saturated carbocycles. The van der Waals surface area contributed by atoms with Crippen LogP contribution in [0.5, 0.6) is 0 Å². The molecule has 25 heavy (non-hydrogen) atoms. The number of esters is 1. The fraction of sp³-hybridized carbons (Fsp3) is 0.300. The van der Waals surface area contributed by atoms with Gasteiger partial charge in [0.1, 0.15) is 6.04 Å². The fourth-order valence-electron chi connectivity index (χ4n) is 2.62. The van der Waals surface area contributed by atoms with Gasteiger partial charge in [0.2, 0.25) is 0 Å². The molecule has 0 saturated heterocycles. The summed E-state index contributed by atoms with van der Waals surface area (Å²) in [7, 11) is 2.78. The lowest BCUT2D eigenvalue weighted by atomic mass is 10.0. The average Bonchev–Trinajstić information content (AvgIpc) is 2.66. The third-order valence-electron chi connectivity index (χ3n) is 3.94. The minimum absolute atomic E-state index is 0.364. The second-order valence-electron chi connectivity index (χ2n) is 5.64. The zero-order chi connectivity index (χ0) is 18.1. The molecule has 0 aliphatic rings. The molecule has 2 aromatic rings. The molecule has 0 radical (unpaired) electrons. The SMILES string of the molecule is COC(=O)[C@H](CCc1ccccc1)NC(=O)[C@@H](OC)c1ccccc1. The zero-order valence-electron chi connectivity index (χ0n) is 14.5. The lowest BCUT2D eigenvalue weighted by molar-refractivity contribution is -0.147. The molecule has 5 nitrogen and oxygen atoms in total. The van der Waals surface area contributed by atoms with E-state index in [0.717, 1.165) is 11.1 Å². The number of hydrogen-bond donors (Lipinski definition) is 1. The molecule has 2 atom stereocenters. The Balaban J connectivity index is 2.05. The highest BCUT2D eigenvalue weighted by atomic mass is 16.5. The molecule has 5 heteroatoms. The number of carbonyl (C=O) groups excluding carboxylic acids is 2. The summed E-state index contributed by atoms with van der Waals surface area (Å²) >= 11 is 0. The maximum absolute atomic E-state index is 12.6. The van der Waals surface area contributed by atoms with Crippen LogP contribution in [0.15, 0.2) is 60.7 Å². The van der Waals surface area contributed by atoms with Gasteiger partial charge in [-0.05, 0) is 24.0 Å². The van der Waals surface area contributed by atoms with Gasteiger partial charge in [0.05, 0.1) is 7.11 Å². The molecule has 0 aromatic heterocycles. The van der Waals surface area contributed by atoms with Gasteiger partial charge in [-0.15, -0.1) is 0 Å². The Morgan fingerprint density at radius 2 is 1.56 bits per heavy atom. The number of benzene rings is 2. The Morgan fingerprint density at radius 3 is 2.12 bits per heavy atom. The molecular formula is C20H23NO4. The predicted octanol–water partition coefficient (Wildman–Crippen LogP) is 2.66. The summed E-state index contributed by atoms with van der Waals surface area (Å²) in [6, 6.07) is 18.2. The largest absolute Gasteiger partial charge is 0.467 e. The van der Waals surface area contributed by atoms with Gasteiger partial charge in [-0.25, -0.2) is 4.79 Å². The number of ether oxygens (including phenoxy) is 2. The minimum atomic E-state index is -0.773. The first-order chi connectivity index (χ1) is 12.2. The summed E-state index contributed by atoms with van der Waals surface area (Å²) in [5.41, 5.74) is 1.83. The molecule has 132 valence electrons. The summed E-state index contributed by atoms with van der Waals surface area (Å²) in [6.45, 7) is 0. The molecule has 0 aliphatic carbocycles. The highest BCUT2D eigenvalue weighted by Gasteiger charge is 2.26. The predicted molar refractivity (Wildman–Crippen MR) is 94.9 cm³/mol. The second-order valence-corrected chi connectivity index (χ2v) is 5.64. The van der Waals surface area contributed by atoms with Crippen LogP contribution in [0.25, 0.3) is 0 Å². The van der Waals surface area contributed by atoms with E-state index >= 15 is 0 Å². The van der Waals surface area contributed by atoms with Gasteiger partial charge in [-0.2, -0.15) is 0 Å². The van der Waals surface area contributed by atoms with Crippen molar-refractivity contribution in [3.63, 3.8) is 0 Å². The van der Waals surface area contributed by atoms with Crippen LogP contribution in [0, 0.1) is 0 Å². The highest BCUT2D eigenvalue weighted by molar-refractivity contribution is 5.87. The van der Waals surface area contributed by atoms with Crippen molar-refractivity contribution in [2.75, 3.05) is 14.2 Å². The Labute approximate surface area is 148 Å². The van der Waals surface area contributed by atoms with E-state index < -0.39 is 18.1 Å². The Kier molecular flexibility index (Phi) is 7.16. The molecule has 1 amide bonds. The summed E-state index contributed by atoms with van der Waals surface area (Å²) in [4.78, 5) is 24.6. The fourth-order valence-corrected chi connectivity index (χ4v) is 2.62. The van der Waals surface area contributed by atoms with Crippen LogP contribution in [-0.2, 0) is 25.5 Å². The molecule has 1 N–H and O–H groups in total. The molecule has 0 spiro atoms. The van der Waals surface area contributed by atoms with E-state index in [1.807, 2.05) is 60.7 Å². The smallest absolute Gasteiger partial charge is 0.328 e. The highest BCUT2D eigenvalue weighted by Crippen LogP contribution is 2.17. The number of nitrogens with one attached hydrogen (secondary N) is 1. The third kappa shape index (κ3) is 5.43. The lowest BCUT2D eigenvalue weighted by Crippen LogP contribution is -2.44. The van der Waals surface area contributed by atoms with Gasteiger partial charge in [0.25, 0.3) is 5.91 Å². The van der Waals surface area contributed by atoms with Gasteiger partial charge in [-0.3, -0.25) is 4.79 Å². The van der Waals surface area contributed by atoms with E-state index in [2.05, 4.69) is 5.32 Å². The Bertz CT molecular complexity index is 673. The van der Waals surface area contributed by atoms with Gasteiger partial charge < -0.3 is 14.8 Å². The van der Waals surface area contributed by atoms with Crippen LogP contribution in [0.3, 0.4) is 0 Å². The van der Waals surface area contributed by atoms with E-state index in [4.69, 9.17) is 9.47 Å². The molecule has 2 rings (SSSR count). The van der Waals surface area contributed by atoms with Crippen LogP contribution in [-0.4, -0.2) is 32.1 Å². The van der Waals surface area contributed by atoms with Crippen molar-refractivity contribution in [1.82, 2.24) is 5.32 Å².